The van der Waals surface area contributed by atoms with E-state index in [2.05, 4.69) is 4.90 Å². The maximum atomic E-state index is 13.0. The zero-order valence-corrected chi connectivity index (χ0v) is 15.3. The molecule has 1 aromatic rings. The van der Waals surface area contributed by atoms with Crippen molar-refractivity contribution in [2.75, 3.05) is 33.0 Å². The summed E-state index contributed by atoms with van der Waals surface area (Å²) in [4.78, 5) is 28.7. The van der Waals surface area contributed by atoms with Gasteiger partial charge in [0, 0.05) is 32.7 Å². The predicted octanol–water partition coefficient (Wildman–Crippen LogP) is 0.714. The fraction of sp³-hybridized carbons (Fsp3) is 0.500. The summed E-state index contributed by atoms with van der Waals surface area (Å²) in [5.41, 5.74) is 1.14. The van der Waals surface area contributed by atoms with Crippen LogP contribution in [0, 0.1) is 11.8 Å². The van der Waals surface area contributed by atoms with Gasteiger partial charge in [-0.3, -0.25) is 14.5 Å². The number of ether oxygens (including phenoxy) is 3. The molecule has 0 radical (unpaired) electrons. The monoisotopic (exact) mass is 386 g/mol. The molecule has 4 aliphatic rings. The lowest BCUT2D eigenvalue weighted by Crippen LogP contribution is -2.52. The van der Waals surface area contributed by atoms with Crippen molar-refractivity contribution in [3.05, 3.63) is 35.9 Å². The first-order chi connectivity index (χ1) is 13.6. The van der Waals surface area contributed by atoms with Gasteiger partial charge in [-0.1, -0.05) is 18.2 Å². The van der Waals surface area contributed by atoms with Gasteiger partial charge in [0.1, 0.15) is 5.92 Å². The highest BCUT2D eigenvalue weighted by atomic mass is 16.7. The van der Waals surface area contributed by atoms with Crippen LogP contribution in [0.15, 0.2) is 30.4 Å². The molecule has 0 unspecified atom stereocenters. The Morgan fingerprint density at radius 2 is 1.71 bits per heavy atom. The lowest BCUT2D eigenvalue weighted by atomic mass is 9.82. The summed E-state index contributed by atoms with van der Waals surface area (Å²) < 4.78 is 16.4. The Labute approximate surface area is 162 Å². The summed E-state index contributed by atoms with van der Waals surface area (Å²) in [6.07, 6.45) is 2.69. The molecule has 4 heterocycles. The van der Waals surface area contributed by atoms with Crippen LogP contribution in [0.4, 0.5) is 0 Å². The number of aliphatic carboxylic acids is 1. The zero-order chi connectivity index (χ0) is 19.3. The number of carbonyl (C=O) groups is 2. The van der Waals surface area contributed by atoms with Crippen LogP contribution < -0.4 is 9.47 Å². The minimum atomic E-state index is -0.961. The Bertz CT molecular complexity index is 832. The van der Waals surface area contributed by atoms with Gasteiger partial charge < -0.3 is 24.2 Å². The van der Waals surface area contributed by atoms with Crippen molar-refractivity contribution in [2.24, 2.45) is 11.8 Å². The molecule has 0 saturated carbocycles. The smallest absolute Gasteiger partial charge is 0.310 e. The van der Waals surface area contributed by atoms with E-state index in [1.807, 2.05) is 24.3 Å². The SMILES string of the molecule is O=C(O)[C@H]1[C@H](C(=O)N2CCN(Cc3ccc4c(c3)OCO4)CC2)[C@H]2C=C[C@H]1O2. The van der Waals surface area contributed by atoms with Crippen molar-refractivity contribution in [3.8, 4) is 11.5 Å². The first-order valence-corrected chi connectivity index (χ1v) is 9.56. The molecule has 4 aliphatic heterocycles. The highest BCUT2D eigenvalue weighted by Gasteiger charge is 2.54. The van der Waals surface area contributed by atoms with E-state index in [9.17, 15) is 14.7 Å². The molecule has 2 saturated heterocycles. The van der Waals surface area contributed by atoms with Gasteiger partial charge in [0.15, 0.2) is 11.5 Å². The maximum Gasteiger partial charge on any atom is 0.310 e. The fourth-order valence-corrected chi connectivity index (χ4v) is 4.53. The predicted molar refractivity (Wildman–Crippen MR) is 96.8 cm³/mol. The molecular weight excluding hydrogens is 364 g/mol. The van der Waals surface area contributed by atoms with Gasteiger partial charge in [0.25, 0.3) is 0 Å². The topological polar surface area (TPSA) is 88.5 Å². The number of carbonyl (C=O) groups excluding carboxylic acids is 1. The van der Waals surface area contributed by atoms with E-state index in [4.69, 9.17) is 14.2 Å². The average molecular weight is 386 g/mol. The highest BCUT2D eigenvalue weighted by molar-refractivity contribution is 5.87. The third kappa shape index (κ3) is 2.93. The third-order valence-electron chi connectivity index (χ3n) is 6.00. The molecule has 0 spiro atoms. The maximum absolute atomic E-state index is 13.0. The van der Waals surface area contributed by atoms with E-state index >= 15 is 0 Å². The summed E-state index contributed by atoms with van der Waals surface area (Å²) in [5, 5.41) is 9.51. The summed E-state index contributed by atoms with van der Waals surface area (Å²) in [7, 11) is 0. The zero-order valence-electron chi connectivity index (χ0n) is 15.3. The summed E-state index contributed by atoms with van der Waals surface area (Å²) in [6.45, 7) is 3.71. The van der Waals surface area contributed by atoms with Gasteiger partial charge in [-0.05, 0) is 17.7 Å². The van der Waals surface area contributed by atoms with Gasteiger partial charge in [-0.15, -0.1) is 0 Å². The molecule has 8 nitrogen and oxygen atoms in total. The summed E-state index contributed by atoms with van der Waals surface area (Å²) >= 11 is 0. The van der Waals surface area contributed by atoms with Crippen LogP contribution in [-0.4, -0.2) is 72.0 Å². The van der Waals surface area contributed by atoms with Crippen molar-refractivity contribution in [3.63, 3.8) is 0 Å². The fourth-order valence-electron chi connectivity index (χ4n) is 4.53. The van der Waals surface area contributed by atoms with Crippen LogP contribution >= 0.6 is 0 Å². The van der Waals surface area contributed by atoms with Crippen LogP contribution in [0.2, 0.25) is 0 Å². The number of amides is 1. The molecule has 148 valence electrons. The van der Waals surface area contributed by atoms with E-state index in [0.717, 1.165) is 36.7 Å². The normalized spacial score (nSPS) is 30.8. The van der Waals surface area contributed by atoms with Gasteiger partial charge in [-0.2, -0.15) is 0 Å². The molecular formula is C20H22N2O6. The Morgan fingerprint density at radius 3 is 2.46 bits per heavy atom. The number of benzene rings is 1. The lowest BCUT2D eigenvalue weighted by Gasteiger charge is -2.37. The van der Waals surface area contributed by atoms with E-state index < -0.39 is 30.0 Å². The Kier molecular flexibility index (Phi) is 4.25. The molecule has 2 fully saturated rings. The number of carboxylic acid groups (broad SMARTS) is 1. The number of carboxylic acids is 1. The largest absolute Gasteiger partial charge is 0.481 e. The van der Waals surface area contributed by atoms with E-state index in [0.29, 0.717) is 13.1 Å². The Morgan fingerprint density at radius 1 is 1.00 bits per heavy atom. The van der Waals surface area contributed by atoms with Crippen molar-refractivity contribution in [2.45, 2.75) is 18.8 Å². The minimum absolute atomic E-state index is 0.105. The second-order valence-corrected chi connectivity index (χ2v) is 7.63. The standard InChI is InChI=1S/C20H22N2O6/c23-19(17-14-3-4-15(28-14)18(17)20(24)25)22-7-5-21(6-8-22)10-12-1-2-13-16(9-12)27-11-26-13/h1-4,9,14-15,17-18H,5-8,10-11H2,(H,24,25)/t14-,15-,17-,18-/m1/s1. The molecule has 0 aromatic heterocycles. The Hall–Kier alpha value is -2.58. The lowest BCUT2D eigenvalue weighted by molar-refractivity contribution is -0.150. The number of rotatable bonds is 4. The molecule has 8 heteroatoms. The number of hydrogen-bond donors (Lipinski definition) is 1. The average Bonchev–Trinajstić information content (AvgIpc) is 3.43. The number of piperazine rings is 1. The molecule has 0 aliphatic carbocycles. The van der Waals surface area contributed by atoms with E-state index in [1.54, 1.807) is 11.0 Å². The van der Waals surface area contributed by atoms with Crippen molar-refractivity contribution in [1.82, 2.24) is 9.80 Å². The van der Waals surface area contributed by atoms with Crippen molar-refractivity contribution in [1.29, 1.82) is 0 Å². The summed E-state index contributed by atoms with van der Waals surface area (Å²) in [5.74, 6) is -0.921. The van der Waals surface area contributed by atoms with Crippen LogP contribution in [0.25, 0.3) is 0 Å². The van der Waals surface area contributed by atoms with Crippen LogP contribution in [0.5, 0.6) is 11.5 Å². The molecule has 1 aromatic carbocycles. The Balaban J connectivity index is 1.20. The first-order valence-electron chi connectivity index (χ1n) is 9.56. The second kappa shape index (κ2) is 6.79. The molecule has 1 amide bonds. The minimum Gasteiger partial charge on any atom is -0.481 e. The third-order valence-corrected chi connectivity index (χ3v) is 6.00. The van der Waals surface area contributed by atoms with Crippen LogP contribution in [-0.2, 0) is 20.9 Å². The van der Waals surface area contributed by atoms with E-state index in [1.165, 1.54) is 0 Å². The number of fused-ring (bicyclic) bond motifs is 3. The van der Waals surface area contributed by atoms with Gasteiger partial charge in [-0.25, -0.2) is 0 Å². The van der Waals surface area contributed by atoms with Crippen molar-refractivity contribution >= 4 is 11.9 Å². The molecule has 28 heavy (non-hydrogen) atoms. The molecule has 2 bridgehead atoms. The highest BCUT2D eigenvalue weighted by Crippen LogP contribution is 2.40. The van der Waals surface area contributed by atoms with Gasteiger partial charge in [0.2, 0.25) is 12.7 Å². The number of nitrogens with zero attached hydrogens (tertiary/aromatic N) is 2. The molecule has 4 atom stereocenters. The molecule has 5 rings (SSSR count). The molecule has 1 N–H and O–H groups in total. The van der Waals surface area contributed by atoms with Crippen molar-refractivity contribution < 1.29 is 28.9 Å². The number of hydrogen-bond acceptors (Lipinski definition) is 6. The van der Waals surface area contributed by atoms with E-state index in [-0.39, 0.29) is 12.7 Å². The summed E-state index contributed by atoms with van der Waals surface area (Å²) in [6, 6.07) is 5.95. The second-order valence-electron chi connectivity index (χ2n) is 7.63. The van der Waals surface area contributed by atoms with Gasteiger partial charge in [0.05, 0.1) is 18.1 Å². The van der Waals surface area contributed by atoms with Crippen LogP contribution in [0.1, 0.15) is 5.56 Å². The first kappa shape index (κ1) is 17.5. The van der Waals surface area contributed by atoms with Crippen LogP contribution in [0.3, 0.4) is 0 Å². The van der Waals surface area contributed by atoms with Gasteiger partial charge >= 0.3 is 5.97 Å². The quantitative estimate of drug-likeness (QED) is 0.763.